The summed E-state index contributed by atoms with van der Waals surface area (Å²) < 4.78 is 4.93. The Balaban J connectivity index is 1.85. The Hall–Kier alpha value is -1.00. The van der Waals surface area contributed by atoms with Crippen LogP contribution in [0.4, 0.5) is 0 Å². The van der Waals surface area contributed by atoms with Crippen molar-refractivity contribution in [2.75, 3.05) is 32.5 Å². The molecule has 1 rings (SSSR count). The largest absolute Gasteiger partial charge is 0.466 e. The molecule has 0 saturated carbocycles. The van der Waals surface area contributed by atoms with E-state index in [9.17, 15) is 4.79 Å². The van der Waals surface area contributed by atoms with Gasteiger partial charge in [-0.15, -0.1) is 11.8 Å². The Morgan fingerprint density at radius 3 is 2.32 bits per heavy atom. The minimum absolute atomic E-state index is 0.0485. The first-order valence-corrected chi connectivity index (χ1v) is 10.7. The van der Waals surface area contributed by atoms with Gasteiger partial charge in [0.15, 0.2) is 0 Å². The normalized spacial score (nSPS) is 11.0. The summed E-state index contributed by atoms with van der Waals surface area (Å²) in [6.45, 7) is 4.73. The fraction of sp³-hybridized carbons (Fsp3) is 0.667. The second kappa shape index (κ2) is 15.3. The highest BCUT2D eigenvalue weighted by Gasteiger charge is 2.02. The molecule has 0 aliphatic carbocycles. The molecule has 25 heavy (non-hydrogen) atoms. The van der Waals surface area contributed by atoms with Crippen LogP contribution in [0.1, 0.15) is 58.3 Å². The van der Waals surface area contributed by atoms with Gasteiger partial charge in [0.05, 0.1) is 6.61 Å². The second-order valence-electron chi connectivity index (χ2n) is 6.49. The third kappa shape index (κ3) is 12.9. The summed E-state index contributed by atoms with van der Waals surface area (Å²) in [6.07, 6.45) is 8.97. The molecule has 0 atom stereocenters. The number of carbonyl (C=O) groups excluding carboxylic acids is 1. The number of ether oxygens (including phenoxy) is 1. The fourth-order valence-corrected chi connectivity index (χ4v) is 3.65. The molecule has 0 fully saturated rings. The lowest BCUT2D eigenvalue weighted by atomic mass is 10.1. The summed E-state index contributed by atoms with van der Waals surface area (Å²) in [5.41, 5.74) is 0. The van der Waals surface area contributed by atoms with Crippen LogP contribution < -0.4 is 0 Å². The van der Waals surface area contributed by atoms with Crippen molar-refractivity contribution in [3.8, 4) is 0 Å². The monoisotopic (exact) mass is 365 g/mol. The van der Waals surface area contributed by atoms with Crippen LogP contribution in [0.5, 0.6) is 0 Å². The van der Waals surface area contributed by atoms with Gasteiger partial charge in [0.2, 0.25) is 0 Å². The molecule has 0 saturated heterocycles. The summed E-state index contributed by atoms with van der Waals surface area (Å²) in [4.78, 5) is 15.0. The molecule has 1 aromatic rings. The van der Waals surface area contributed by atoms with Gasteiger partial charge < -0.3 is 9.64 Å². The highest BCUT2D eigenvalue weighted by molar-refractivity contribution is 7.99. The maximum absolute atomic E-state index is 11.2. The zero-order valence-corrected chi connectivity index (χ0v) is 16.9. The van der Waals surface area contributed by atoms with Gasteiger partial charge in [-0.1, -0.05) is 37.5 Å². The lowest BCUT2D eigenvalue weighted by Gasteiger charge is -2.16. The van der Waals surface area contributed by atoms with Gasteiger partial charge in [0.1, 0.15) is 0 Å². The Bertz CT molecular complexity index is 439. The summed E-state index contributed by atoms with van der Waals surface area (Å²) in [7, 11) is 2.23. The Morgan fingerprint density at radius 2 is 1.60 bits per heavy atom. The van der Waals surface area contributed by atoms with Crippen LogP contribution in [0.3, 0.4) is 0 Å². The van der Waals surface area contributed by atoms with E-state index < -0.39 is 0 Å². The minimum atomic E-state index is -0.0485. The van der Waals surface area contributed by atoms with Crippen molar-refractivity contribution in [3.05, 3.63) is 30.3 Å². The number of hydrogen-bond acceptors (Lipinski definition) is 4. The van der Waals surface area contributed by atoms with Gasteiger partial charge in [-0.05, 0) is 70.6 Å². The molecule has 0 amide bonds. The minimum Gasteiger partial charge on any atom is -0.466 e. The van der Waals surface area contributed by atoms with Crippen molar-refractivity contribution in [2.24, 2.45) is 0 Å². The van der Waals surface area contributed by atoms with Crippen molar-refractivity contribution in [2.45, 2.75) is 63.2 Å². The third-order valence-electron chi connectivity index (χ3n) is 4.17. The maximum Gasteiger partial charge on any atom is 0.305 e. The topological polar surface area (TPSA) is 29.5 Å². The predicted octanol–water partition coefficient (Wildman–Crippen LogP) is 5.39. The van der Waals surface area contributed by atoms with E-state index >= 15 is 0 Å². The summed E-state index contributed by atoms with van der Waals surface area (Å²) in [5, 5.41) is 0. The fourth-order valence-electron chi connectivity index (χ4n) is 2.72. The van der Waals surface area contributed by atoms with Gasteiger partial charge in [-0.2, -0.15) is 0 Å². The third-order valence-corrected chi connectivity index (χ3v) is 5.27. The van der Waals surface area contributed by atoms with Crippen LogP contribution in [0.15, 0.2) is 35.2 Å². The summed E-state index contributed by atoms with van der Waals surface area (Å²) in [6, 6.07) is 10.6. The van der Waals surface area contributed by atoms with E-state index in [1.54, 1.807) is 0 Å². The van der Waals surface area contributed by atoms with Crippen molar-refractivity contribution in [1.29, 1.82) is 0 Å². The van der Waals surface area contributed by atoms with Gasteiger partial charge in [0.25, 0.3) is 0 Å². The van der Waals surface area contributed by atoms with E-state index in [1.165, 1.54) is 55.8 Å². The highest BCUT2D eigenvalue weighted by Crippen LogP contribution is 2.18. The lowest BCUT2D eigenvalue weighted by Crippen LogP contribution is -2.21. The van der Waals surface area contributed by atoms with Crippen LogP contribution in [0.2, 0.25) is 0 Å². The molecule has 0 heterocycles. The molecule has 0 radical (unpaired) electrons. The van der Waals surface area contributed by atoms with E-state index in [2.05, 4.69) is 42.3 Å². The zero-order valence-electron chi connectivity index (χ0n) is 16.0. The molecule has 4 heteroatoms. The van der Waals surface area contributed by atoms with Crippen LogP contribution in [-0.4, -0.2) is 43.4 Å². The summed E-state index contributed by atoms with van der Waals surface area (Å²) in [5.74, 6) is 1.16. The molecule has 0 aromatic heterocycles. The highest BCUT2D eigenvalue weighted by atomic mass is 32.2. The molecule has 3 nitrogen and oxygen atoms in total. The molecule has 0 N–H and O–H groups in total. The van der Waals surface area contributed by atoms with E-state index in [0.717, 1.165) is 12.8 Å². The Morgan fingerprint density at radius 1 is 0.960 bits per heavy atom. The first kappa shape index (κ1) is 22.0. The first-order chi connectivity index (χ1) is 12.2. The average Bonchev–Trinajstić information content (AvgIpc) is 2.61. The number of unbranched alkanes of at least 4 members (excludes halogenated alkanes) is 5. The quantitative estimate of drug-likeness (QED) is 0.237. The predicted molar refractivity (Wildman–Crippen MR) is 108 cm³/mol. The van der Waals surface area contributed by atoms with Crippen molar-refractivity contribution < 1.29 is 9.53 Å². The first-order valence-electron chi connectivity index (χ1n) is 9.74. The van der Waals surface area contributed by atoms with Crippen LogP contribution in [0.25, 0.3) is 0 Å². The number of benzene rings is 1. The van der Waals surface area contributed by atoms with Gasteiger partial charge in [-0.3, -0.25) is 4.79 Å². The molecule has 0 spiro atoms. The maximum atomic E-state index is 11.2. The molecule has 0 aliphatic rings. The van der Waals surface area contributed by atoms with E-state index in [-0.39, 0.29) is 5.97 Å². The van der Waals surface area contributed by atoms with E-state index in [4.69, 9.17) is 4.74 Å². The number of hydrogen-bond donors (Lipinski definition) is 0. The molecule has 0 unspecified atom stereocenters. The molecule has 0 aliphatic heterocycles. The molecular formula is C21H35NO2S. The zero-order chi connectivity index (χ0) is 18.2. The Labute approximate surface area is 158 Å². The number of carbonyl (C=O) groups is 1. The second-order valence-corrected chi connectivity index (χ2v) is 7.66. The van der Waals surface area contributed by atoms with Gasteiger partial charge in [-0.25, -0.2) is 0 Å². The van der Waals surface area contributed by atoms with E-state index in [0.29, 0.717) is 13.0 Å². The van der Waals surface area contributed by atoms with Crippen LogP contribution in [0, 0.1) is 0 Å². The van der Waals surface area contributed by atoms with Crippen LogP contribution >= 0.6 is 11.8 Å². The lowest BCUT2D eigenvalue weighted by molar-refractivity contribution is -0.143. The standard InChI is InChI=1S/C21H35NO2S/c1-3-24-21(23)16-10-5-4-6-11-17-22(2)18-12-13-19-25-20-14-8-7-9-15-20/h7-9,14-15H,3-6,10-13,16-19H2,1-2H3. The number of rotatable bonds is 15. The molecular weight excluding hydrogens is 330 g/mol. The average molecular weight is 366 g/mol. The van der Waals surface area contributed by atoms with Gasteiger partial charge >= 0.3 is 5.97 Å². The molecule has 0 bridgehead atoms. The number of nitrogens with zero attached hydrogens (tertiary/aromatic N) is 1. The Kier molecular flexibility index (Phi) is 13.5. The number of thioether (sulfide) groups is 1. The molecule has 1 aromatic carbocycles. The van der Waals surface area contributed by atoms with Gasteiger partial charge in [0, 0.05) is 11.3 Å². The van der Waals surface area contributed by atoms with Crippen molar-refractivity contribution in [3.63, 3.8) is 0 Å². The molecule has 142 valence electrons. The smallest absolute Gasteiger partial charge is 0.305 e. The van der Waals surface area contributed by atoms with Crippen molar-refractivity contribution in [1.82, 2.24) is 4.90 Å². The van der Waals surface area contributed by atoms with E-state index in [1.807, 2.05) is 18.7 Å². The van der Waals surface area contributed by atoms with Crippen LogP contribution in [-0.2, 0) is 9.53 Å². The van der Waals surface area contributed by atoms with Crippen molar-refractivity contribution >= 4 is 17.7 Å². The number of esters is 1. The SMILES string of the molecule is CCOC(=O)CCCCCCCN(C)CCCCSc1ccccc1. The summed E-state index contributed by atoms with van der Waals surface area (Å²) >= 11 is 1.95.